The van der Waals surface area contributed by atoms with E-state index < -0.39 is 0 Å². The highest BCUT2D eigenvalue weighted by atomic mass is 16.3. The second kappa shape index (κ2) is 12.9. The second-order valence-corrected chi connectivity index (χ2v) is 13.3. The molecule has 3 heteroatoms. The summed E-state index contributed by atoms with van der Waals surface area (Å²) in [5, 5.41) is 3.56. The number of fused-ring (bicyclic) bond motifs is 3. The van der Waals surface area contributed by atoms with Crippen LogP contribution in [0, 0.1) is 0 Å². The SMILES string of the molecule is c1ccc(-c2nc3cc(-c4ccc(-c5c(-c6ccccc6-c6cc(-c7ccccc7)c7ccccc7n6)ccc6ccccc56)cc4)ccc3o2)cc1. The van der Waals surface area contributed by atoms with Gasteiger partial charge in [-0.05, 0) is 91.7 Å². The van der Waals surface area contributed by atoms with E-state index in [-0.39, 0.29) is 0 Å². The molecule has 3 nitrogen and oxygen atoms in total. The lowest BCUT2D eigenvalue weighted by Gasteiger charge is -2.18. The predicted octanol–water partition coefficient (Wildman–Crippen LogP) is 13.5. The molecule has 0 spiro atoms. The van der Waals surface area contributed by atoms with Crippen LogP contribution < -0.4 is 0 Å². The van der Waals surface area contributed by atoms with E-state index in [2.05, 4.69) is 158 Å². The van der Waals surface area contributed by atoms with Gasteiger partial charge in [0.1, 0.15) is 5.52 Å². The van der Waals surface area contributed by atoms with Crippen molar-refractivity contribution in [2.45, 2.75) is 0 Å². The summed E-state index contributed by atoms with van der Waals surface area (Å²) in [5.41, 5.74) is 14.8. The third-order valence-corrected chi connectivity index (χ3v) is 10.1. The quantitative estimate of drug-likeness (QED) is 0.176. The van der Waals surface area contributed by atoms with Crippen LogP contribution in [0.3, 0.4) is 0 Å². The maximum atomic E-state index is 6.09. The van der Waals surface area contributed by atoms with Gasteiger partial charge in [-0.1, -0.05) is 158 Å². The Morgan fingerprint density at radius 3 is 1.79 bits per heavy atom. The number of hydrogen-bond acceptors (Lipinski definition) is 3. The first kappa shape index (κ1) is 30.7. The van der Waals surface area contributed by atoms with Crippen molar-refractivity contribution < 1.29 is 4.42 Å². The zero-order valence-corrected chi connectivity index (χ0v) is 28.8. The van der Waals surface area contributed by atoms with Gasteiger partial charge < -0.3 is 4.42 Å². The minimum atomic E-state index is 0.632. The maximum absolute atomic E-state index is 6.09. The Balaban J connectivity index is 1.10. The summed E-state index contributed by atoms with van der Waals surface area (Å²) in [5.74, 6) is 0.632. The van der Waals surface area contributed by atoms with Crippen molar-refractivity contribution in [2.75, 3.05) is 0 Å². The van der Waals surface area contributed by atoms with Gasteiger partial charge in [-0.3, -0.25) is 0 Å². The summed E-state index contributed by atoms with van der Waals surface area (Å²) in [6.07, 6.45) is 0. The standard InChI is InChI=1S/C50H32N2O/c1-3-13-34(14-4-1)44-32-46(51-45-22-12-11-21-42(44)45)41-20-10-9-19-40(41)43-29-27-35-15-7-8-18-39(35)49(43)36-25-23-33(24-26-36)38-28-30-48-47(31-38)52-50(53-48)37-16-5-2-6-17-37/h1-32H. The second-order valence-electron chi connectivity index (χ2n) is 13.3. The van der Waals surface area contributed by atoms with Gasteiger partial charge in [0, 0.05) is 16.5 Å². The zero-order chi connectivity index (χ0) is 35.1. The van der Waals surface area contributed by atoms with E-state index in [0.29, 0.717) is 5.89 Å². The van der Waals surface area contributed by atoms with Gasteiger partial charge in [-0.15, -0.1) is 0 Å². The highest BCUT2D eigenvalue weighted by Gasteiger charge is 2.18. The number of oxazole rings is 1. The third-order valence-electron chi connectivity index (χ3n) is 10.1. The lowest BCUT2D eigenvalue weighted by atomic mass is 9.86. The number of rotatable bonds is 6. The molecule has 8 aromatic carbocycles. The summed E-state index contributed by atoms with van der Waals surface area (Å²) >= 11 is 0. The van der Waals surface area contributed by atoms with Crippen LogP contribution in [0.4, 0.5) is 0 Å². The van der Waals surface area contributed by atoms with E-state index in [1.807, 2.05) is 36.4 Å². The Morgan fingerprint density at radius 2 is 0.981 bits per heavy atom. The van der Waals surface area contributed by atoms with Crippen LogP contribution in [0.25, 0.3) is 100.0 Å². The molecular weight excluding hydrogens is 645 g/mol. The molecule has 2 heterocycles. The first-order valence-corrected chi connectivity index (χ1v) is 17.9. The predicted molar refractivity (Wildman–Crippen MR) is 219 cm³/mol. The van der Waals surface area contributed by atoms with E-state index in [0.717, 1.165) is 61.1 Å². The molecule has 10 aromatic rings. The molecule has 0 saturated heterocycles. The van der Waals surface area contributed by atoms with Crippen LogP contribution in [0.2, 0.25) is 0 Å². The topological polar surface area (TPSA) is 38.9 Å². The number of hydrogen-bond donors (Lipinski definition) is 0. The van der Waals surface area contributed by atoms with Crippen molar-refractivity contribution in [1.82, 2.24) is 9.97 Å². The molecule has 10 rings (SSSR count). The Morgan fingerprint density at radius 1 is 0.340 bits per heavy atom. The fraction of sp³-hybridized carbons (Fsp3) is 0. The molecule has 0 bridgehead atoms. The Kier molecular flexibility index (Phi) is 7.47. The zero-order valence-electron chi connectivity index (χ0n) is 28.8. The van der Waals surface area contributed by atoms with Gasteiger partial charge in [0.25, 0.3) is 0 Å². The fourth-order valence-corrected chi connectivity index (χ4v) is 7.56. The van der Waals surface area contributed by atoms with Gasteiger partial charge in [0.15, 0.2) is 5.58 Å². The van der Waals surface area contributed by atoms with Crippen LogP contribution in [-0.2, 0) is 0 Å². The van der Waals surface area contributed by atoms with Crippen molar-refractivity contribution in [3.8, 4) is 67.2 Å². The first-order valence-electron chi connectivity index (χ1n) is 17.9. The largest absolute Gasteiger partial charge is 0.436 e. The highest BCUT2D eigenvalue weighted by molar-refractivity contribution is 6.06. The molecule has 0 N–H and O–H groups in total. The lowest BCUT2D eigenvalue weighted by molar-refractivity contribution is 0.620. The van der Waals surface area contributed by atoms with Gasteiger partial charge in [0.2, 0.25) is 5.89 Å². The Labute approximate surface area is 307 Å². The number of nitrogens with zero attached hydrogens (tertiary/aromatic N) is 2. The van der Waals surface area contributed by atoms with E-state index in [1.165, 1.54) is 33.0 Å². The van der Waals surface area contributed by atoms with Crippen molar-refractivity contribution in [3.63, 3.8) is 0 Å². The van der Waals surface area contributed by atoms with Crippen molar-refractivity contribution >= 4 is 32.8 Å². The Bertz CT molecular complexity index is 2930. The number of para-hydroxylation sites is 1. The van der Waals surface area contributed by atoms with E-state index in [1.54, 1.807) is 0 Å². The first-order chi connectivity index (χ1) is 26.3. The van der Waals surface area contributed by atoms with Gasteiger partial charge in [-0.2, -0.15) is 0 Å². The average molecular weight is 677 g/mol. The average Bonchev–Trinajstić information content (AvgIpc) is 3.67. The van der Waals surface area contributed by atoms with Gasteiger partial charge in [-0.25, -0.2) is 9.97 Å². The molecule has 0 saturated carbocycles. The van der Waals surface area contributed by atoms with Crippen LogP contribution in [-0.4, -0.2) is 9.97 Å². The minimum Gasteiger partial charge on any atom is -0.436 e. The minimum absolute atomic E-state index is 0.632. The van der Waals surface area contributed by atoms with E-state index in [4.69, 9.17) is 14.4 Å². The number of aromatic nitrogens is 2. The highest BCUT2D eigenvalue weighted by Crippen LogP contribution is 2.43. The Hall–Kier alpha value is -7.10. The summed E-state index contributed by atoms with van der Waals surface area (Å²) in [6.45, 7) is 0. The molecule has 0 amide bonds. The molecule has 53 heavy (non-hydrogen) atoms. The molecule has 0 unspecified atom stereocenters. The maximum Gasteiger partial charge on any atom is 0.227 e. The molecule has 0 atom stereocenters. The molecular formula is C50H32N2O. The molecule has 0 radical (unpaired) electrons. The molecule has 248 valence electrons. The molecule has 0 aliphatic carbocycles. The smallest absolute Gasteiger partial charge is 0.227 e. The van der Waals surface area contributed by atoms with E-state index >= 15 is 0 Å². The molecule has 0 aliphatic rings. The monoisotopic (exact) mass is 676 g/mol. The van der Waals surface area contributed by atoms with Crippen molar-refractivity contribution in [3.05, 3.63) is 194 Å². The normalized spacial score (nSPS) is 11.4. The molecule has 0 fully saturated rings. The molecule has 0 aliphatic heterocycles. The summed E-state index contributed by atoms with van der Waals surface area (Å²) in [7, 11) is 0. The van der Waals surface area contributed by atoms with Gasteiger partial charge in [0.05, 0.1) is 11.2 Å². The van der Waals surface area contributed by atoms with Crippen LogP contribution in [0.15, 0.2) is 199 Å². The van der Waals surface area contributed by atoms with Crippen LogP contribution in [0.1, 0.15) is 0 Å². The summed E-state index contributed by atoms with van der Waals surface area (Å²) in [6, 6.07) is 68.3. The van der Waals surface area contributed by atoms with E-state index in [9.17, 15) is 0 Å². The lowest BCUT2D eigenvalue weighted by Crippen LogP contribution is -1.94. The summed E-state index contributed by atoms with van der Waals surface area (Å²) < 4.78 is 6.09. The van der Waals surface area contributed by atoms with Crippen LogP contribution in [0.5, 0.6) is 0 Å². The van der Waals surface area contributed by atoms with Crippen molar-refractivity contribution in [1.29, 1.82) is 0 Å². The van der Waals surface area contributed by atoms with Gasteiger partial charge >= 0.3 is 0 Å². The molecule has 2 aromatic heterocycles. The third kappa shape index (κ3) is 5.56. The summed E-state index contributed by atoms with van der Waals surface area (Å²) in [4.78, 5) is 10.1. The number of pyridine rings is 1. The number of benzene rings is 8. The van der Waals surface area contributed by atoms with Crippen LogP contribution >= 0.6 is 0 Å². The van der Waals surface area contributed by atoms with Crippen molar-refractivity contribution in [2.24, 2.45) is 0 Å². The fourth-order valence-electron chi connectivity index (χ4n) is 7.56.